The number of hydrogen-bond acceptors (Lipinski definition) is 7. The van der Waals surface area contributed by atoms with Crippen LogP contribution in [0.2, 0.25) is 0 Å². The second-order valence-corrected chi connectivity index (χ2v) is 11.6. The fourth-order valence-electron chi connectivity index (χ4n) is 4.69. The largest absolute Gasteiger partial charge is 0.497 e. The predicted molar refractivity (Wildman–Crippen MR) is 159 cm³/mol. The monoisotopic (exact) mass is 595 g/mol. The molecule has 224 valence electrons. The molecule has 0 unspecified atom stereocenters. The van der Waals surface area contributed by atoms with E-state index in [1.165, 1.54) is 17.0 Å². The number of sulfonamides is 1. The molecule has 11 heteroatoms. The van der Waals surface area contributed by atoms with Crippen molar-refractivity contribution in [2.45, 2.75) is 44.2 Å². The average Bonchev–Trinajstić information content (AvgIpc) is 3.02. The van der Waals surface area contributed by atoms with Crippen LogP contribution < -0.4 is 23.8 Å². The van der Waals surface area contributed by atoms with Crippen molar-refractivity contribution in [1.29, 1.82) is 0 Å². The lowest BCUT2D eigenvalue weighted by atomic mass is 10.1. The van der Waals surface area contributed by atoms with Crippen molar-refractivity contribution in [3.63, 3.8) is 0 Å². The fraction of sp³-hybridized carbons (Fsp3) is 0.355. The van der Waals surface area contributed by atoms with Crippen LogP contribution in [0, 0.1) is 0 Å². The average molecular weight is 596 g/mol. The van der Waals surface area contributed by atoms with Crippen molar-refractivity contribution < 1.29 is 32.2 Å². The maximum absolute atomic E-state index is 14.2. The first-order valence-corrected chi connectivity index (χ1v) is 15.4. The molecule has 0 radical (unpaired) electrons. The minimum absolute atomic E-state index is 0.0276. The van der Waals surface area contributed by atoms with Crippen molar-refractivity contribution in [2.24, 2.45) is 0 Å². The van der Waals surface area contributed by atoms with Crippen LogP contribution >= 0.6 is 0 Å². The Hall–Kier alpha value is -4.25. The molecule has 0 saturated heterocycles. The van der Waals surface area contributed by atoms with Gasteiger partial charge in [-0.1, -0.05) is 44.2 Å². The Morgan fingerprint density at radius 3 is 2.38 bits per heavy atom. The van der Waals surface area contributed by atoms with Gasteiger partial charge in [-0.3, -0.25) is 13.9 Å². The van der Waals surface area contributed by atoms with Gasteiger partial charge in [-0.15, -0.1) is 0 Å². The second-order valence-electron chi connectivity index (χ2n) is 9.74. The van der Waals surface area contributed by atoms with E-state index in [4.69, 9.17) is 14.2 Å². The number of hydrogen-bond donors (Lipinski definition) is 1. The van der Waals surface area contributed by atoms with Crippen LogP contribution in [0.3, 0.4) is 0 Å². The van der Waals surface area contributed by atoms with Gasteiger partial charge in [0.25, 0.3) is 10.0 Å². The summed E-state index contributed by atoms with van der Waals surface area (Å²) in [5.41, 5.74) is 0.975. The first-order chi connectivity index (χ1) is 20.3. The summed E-state index contributed by atoms with van der Waals surface area (Å²) in [6.45, 7) is 4.46. The lowest BCUT2D eigenvalue weighted by Crippen LogP contribution is -2.52. The van der Waals surface area contributed by atoms with E-state index in [2.05, 4.69) is 5.32 Å². The zero-order valence-corrected chi connectivity index (χ0v) is 24.9. The van der Waals surface area contributed by atoms with E-state index in [0.717, 1.165) is 16.3 Å². The van der Waals surface area contributed by atoms with E-state index < -0.39 is 28.5 Å². The SMILES string of the molecule is CCCNC(=O)[C@H](CC)N(Cc1cccc(OC)c1)C(=O)CN(c1ccc2c(c1)OCCO2)S(=O)(=O)c1ccccc1. The molecule has 10 nitrogen and oxygen atoms in total. The molecule has 0 aliphatic carbocycles. The number of amides is 2. The molecular weight excluding hydrogens is 558 g/mol. The first-order valence-electron chi connectivity index (χ1n) is 14.0. The number of carbonyl (C=O) groups is 2. The van der Waals surface area contributed by atoms with Crippen LogP contribution in [0.5, 0.6) is 17.2 Å². The second kappa shape index (κ2) is 14.1. The maximum atomic E-state index is 14.2. The van der Waals surface area contributed by atoms with Gasteiger partial charge in [-0.2, -0.15) is 0 Å². The highest BCUT2D eigenvalue weighted by atomic mass is 32.2. The Kier molecular flexibility index (Phi) is 10.3. The number of ether oxygens (including phenoxy) is 3. The van der Waals surface area contributed by atoms with Gasteiger partial charge in [0, 0.05) is 19.2 Å². The highest BCUT2D eigenvalue weighted by Gasteiger charge is 2.34. The van der Waals surface area contributed by atoms with Gasteiger partial charge in [0.15, 0.2) is 11.5 Å². The predicted octanol–water partition coefficient (Wildman–Crippen LogP) is 4.00. The van der Waals surface area contributed by atoms with Gasteiger partial charge in [0.05, 0.1) is 17.7 Å². The molecular formula is C31H37N3O7S. The Bertz CT molecular complexity index is 1480. The zero-order chi connectivity index (χ0) is 30.1. The molecule has 1 atom stereocenters. The standard InChI is InChI=1S/C31H37N3O7S/c1-4-16-32-31(36)27(5-2)33(21-23-10-9-11-25(19-23)39-3)30(35)22-34(42(37,38)26-12-7-6-8-13-26)24-14-15-28-29(20-24)41-18-17-40-28/h6-15,19-20,27H,4-5,16-18,21-22H2,1-3H3,(H,32,36)/t27-/m0/s1. The minimum Gasteiger partial charge on any atom is -0.497 e. The Morgan fingerprint density at radius 1 is 0.952 bits per heavy atom. The molecule has 0 bridgehead atoms. The normalized spacial score (nSPS) is 13.1. The summed E-state index contributed by atoms with van der Waals surface area (Å²) in [5, 5.41) is 2.88. The van der Waals surface area contributed by atoms with Crippen LogP contribution in [0.1, 0.15) is 32.3 Å². The van der Waals surface area contributed by atoms with Crippen LogP contribution in [0.15, 0.2) is 77.7 Å². The lowest BCUT2D eigenvalue weighted by Gasteiger charge is -2.33. The molecule has 3 aromatic carbocycles. The number of rotatable bonds is 13. The summed E-state index contributed by atoms with van der Waals surface area (Å²) in [6, 6.07) is 19.1. The number of nitrogens with zero attached hydrogens (tertiary/aromatic N) is 2. The zero-order valence-electron chi connectivity index (χ0n) is 24.1. The Labute approximate surface area is 247 Å². The van der Waals surface area contributed by atoms with Crippen molar-refractivity contribution in [1.82, 2.24) is 10.2 Å². The number of fused-ring (bicyclic) bond motifs is 1. The van der Waals surface area contributed by atoms with E-state index >= 15 is 0 Å². The summed E-state index contributed by atoms with van der Waals surface area (Å²) < 4.78 is 45.7. The number of nitrogens with one attached hydrogen (secondary N) is 1. The molecule has 0 saturated carbocycles. The molecule has 1 heterocycles. The summed E-state index contributed by atoms with van der Waals surface area (Å²) >= 11 is 0. The third-order valence-corrected chi connectivity index (χ3v) is 8.63. The number of carbonyl (C=O) groups excluding carboxylic acids is 2. The summed E-state index contributed by atoms with van der Waals surface area (Å²) in [4.78, 5) is 28.9. The maximum Gasteiger partial charge on any atom is 0.264 e. The molecule has 4 rings (SSSR count). The summed E-state index contributed by atoms with van der Waals surface area (Å²) in [6.07, 6.45) is 1.07. The highest BCUT2D eigenvalue weighted by molar-refractivity contribution is 7.92. The molecule has 42 heavy (non-hydrogen) atoms. The van der Waals surface area contributed by atoms with Gasteiger partial charge < -0.3 is 24.4 Å². The van der Waals surface area contributed by atoms with Gasteiger partial charge >= 0.3 is 0 Å². The Balaban J connectivity index is 1.75. The fourth-order valence-corrected chi connectivity index (χ4v) is 6.12. The third-order valence-electron chi connectivity index (χ3n) is 6.85. The quantitative estimate of drug-likeness (QED) is 0.318. The summed E-state index contributed by atoms with van der Waals surface area (Å²) in [7, 11) is -2.64. The van der Waals surface area contributed by atoms with Gasteiger partial charge in [-0.25, -0.2) is 8.42 Å². The molecule has 3 aromatic rings. The highest BCUT2D eigenvalue weighted by Crippen LogP contribution is 2.36. The van der Waals surface area contributed by atoms with E-state index in [-0.39, 0.29) is 23.0 Å². The van der Waals surface area contributed by atoms with Crippen LogP contribution in [0.4, 0.5) is 5.69 Å². The van der Waals surface area contributed by atoms with E-state index in [0.29, 0.717) is 43.4 Å². The number of anilines is 1. The molecule has 1 aliphatic heterocycles. The third kappa shape index (κ3) is 7.14. The minimum atomic E-state index is -4.19. The van der Waals surface area contributed by atoms with Crippen LogP contribution in [0.25, 0.3) is 0 Å². The topological polar surface area (TPSA) is 114 Å². The Morgan fingerprint density at radius 2 is 1.69 bits per heavy atom. The first kappa shape index (κ1) is 30.7. The van der Waals surface area contributed by atoms with Crippen LogP contribution in [-0.4, -0.2) is 64.6 Å². The number of methoxy groups -OCH3 is 1. The van der Waals surface area contributed by atoms with Crippen molar-refractivity contribution in [3.05, 3.63) is 78.4 Å². The van der Waals surface area contributed by atoms with Crippen LogP contribution in [-0.2, 0) is 26.2 Å². The van der Waals surface area contributed by atoms with E-state index in [9.17, 15) is 18.0 Å². The van der Waals surface area contributed by atoms with Gasteiger partial charge in [-0.05, 0) is 54.8 Å². The smallest absolute Gasteiger partial charge is 0.264 e. The van der Waals surface area contributed by atoms with E-state index in [1.807, 2.05) is 19.9 Å². The molecule has 2 amide bonds. The molecule has 0 spiro atoms. The van der Waals surface area contributed by atoms with Gasteiger partial charge in [0.1, 0.15) is 31.5 Å². The number of benzene rings is 3. The molecule has 0 aromatic heterocycles. The van der Waals surface area contributed by atoms with Crippen molar-refractivity contribution in [3.8, 4) is 17.2 Å². The molecule has 0 fully saturated rings. The van der Waals surface area contributed by atoms with E-state index in [1.54, 1.807) is 61.7 Å². The molecule has 1 N–H and O–H groups in total. The van der Waals surface area contributed by atoms with Gasteiger partial charge in [0.2, 0.25) is 11.8 Å². The van der Waals surface area contributed by atoms with Crippen molar-refractivity contribution >= 4 is 27.5 Å². The lowest BCUT2D eigenvalue weighted by molar-refractivity contribution is -0.140. The summed E-state index contributed by atoms with van der Waals surface area (Å²) in [5.74, 6) is 0.649. The van der Waals surface area contributed by atoms with Crippen molar-refractivity contribution in [2.75, 3.05) is 37.7 Å². The molecule has 1 aliphatic rings.